The van der Waals surface area contributed by atoms with Gasteiger partial charge in [0, 0.05) is 0 Å². The smallest absolute Gasteiger partial charge is 0.264 e. The second-order valence-electron chi connectivity index (χ2n) is 7.43. The zero-order chi connectivity index (χ0) is 26.8. The number of hydrogen-bond donors (Lipinski definition) is 1. The molecule has 0 unspecified atom stereocenters. The molecule has 8 nitrogen and oxygen atoms in total. The lowest BCUT2D eigenvalue weighted by Crippen LogP contribution is -2.39. The summed E-state index contributed by atoms with van der Waals surface area (Å²) in [6.45, 7) is 5.63. The third kappa shape index (κ3) is 7.25. The number of halogens is 2. The maximum atomic E-state index is 13.4. The van der Waals surface area contributed by atoms with Gasteiger partial charge in [-0.15, -0.1) is 0 Å². The van der Waals surface area contributed by atoms with Gasteiger partial charge in [-0.3, -0.25) is 9.10 Å². The van der Waals surface area contributed by atoms with E-state index in [2.05, 4.69) is 17.1 Å². The second kappa shape index (κ2) is 13.1. The van der Waals surface area contributed by atoms with E-state index < -0.39 is 22.5 Å². The molecule has 0 saturated heterocycles. The van der Waals surface area contributed by atoms with E-state index in [0.717, 1.165) is 4.31 Å². The fourth-order valence-corrected chi connectivity index (χ4v) is 5.09. The van der Waals surface area contributed by atoms with Gasteiger partial charge in [-0.1, -0.05) is 60.1 Å². The molecule has 37 heavy (non-hydrogen) atoms. The maximum Gasteiger partial charge on any atom is 0.264 e. The fraction of sp³-hybridized carbons (Fsp3) is 0.154. The number of benzene rings is 3. The predicted octanol–water partition coefficient (Wildman–Crippen LogP) is 5.30. The third-order valence-electron chi connectivity index (χ3n) is 4.85. The van der Waals surface area contributed by atoms with Crippen LogP contribution in [-0.4, -0.2) is 40.3 Å². The lowest BCUT2D eigenvalue weighted by molar-refractivity contribution is -0.119. The van der Waals surface area contributed by atoms with E-state index in [1.54, 1.807) is 48.5 Å². The molecule has 0 saturated carbocycles. The average molecular weight is 562 g/mol. The Labute approximate surface area is 226 Å². The third-order valence-corrected chi connectivity index (χ3v) is 7.43. The minimum atomic E-state index is -4.15. The number of amides is 1. The summed E-state index contributed by atoms with van der Waals surface area (Å²) in [5.41, 5.74) is 3.04. The van der Waals surface area contributed by atoms with Gasteiger partial charge < -0.3 is 9.47 Å². The van der Waals surface area contributed by atoms with Crippen LogP contribution in [0.25, 0.3) is 0 Å². The highest BCUT2D eigenvalue weighted by Crippen LogP contribution is 2.35. The van der Waals surface area contributed by atoms with Crippen LogP contribution in [0.4, 0.5) is 5.69 Å². The van der Waals surface area contributed by atoms with Crippen LogP contribution >= 0.6 is 23.2 Å². The molecule has 0 heterocycles. The molecule has 3 rings (SSSR count). The van der Waals surface area contributed by atoms with Gasteiger partial charge in [0.25, 0.3) is 15.9 Å². The van der Waals surface area contributed by atoms with Gasteiger partial charge in [0.1, 0.15) is 13.2 Å². The Morgan fingerprint density at radius 1 is 1.05 bits per heavy atom. The van der Waals surface area contributed by atoms with E-state index in [4.69, 9.17) is 32.7 Å². The molecule has 194 valence electrons. The number of carbonyl (C=O) groups excluding carboxylic acids is 1. The molecular weight excluding hydrogens is 537 g/mol. The van der Waals surface area contributed by atoms with Gasteiger partial charge in [-0.2, -0.15) is 5.10 Å². The Kier molecular flexibility index (Phi) is 9.96. The highest BCUT2D eigenvalue weighted by Gasteiger charge is 2.29. The minimum absolute atomic E-state index is 0.00203. The van der Waals surface area contributed by atoms with Crippen LogP contribution in [0, 0.1) is 0 Å². The SMILES string of the molecule is C=CCOc1ccc(/C=N\NC(=O)CN(c2cccc(Cl)c2Cl)S(=O)(=O)c2ccccc2)cc1OCC. The summed E-state index contributed by atoms with van der Waals surface area (Å²) in [4.78, 5) is 12.8. The zero-order valence-electron chi connectivity index (χ0n) is 19.9. The summed E-state index contributed by atoms with van der Waals surface area (Å²) >= 11 is 12.4. The number of sulfonamides is 1. The van der Waals surface area contributed by atoms with Crippen molar-refractivity contribution in [3.63, 3.8) is 0 Å². The van der Waals surface area contributed by atoms with E-state index in [-0.39, 0.29) is 20.6 Å². The molecule has 0 aliphatic heterocycles. The molecule has 3 aromatic rings. The summed E-state index contributed by atoms with van der Waals surface area (Å²) in [7, 11) is -4.15. The fourth-order valence-electron chi connectivity index (χ4n) is 3.19. The molecule has 0 spiro atoms. The molecule has 0 atom stereocenters. The number of hydrogen-bond acceptors (Lipinski definition) is 6. The zero-order valence-corrected chi connectivity index (χ0v) is 22.3. The number of anilines is 1. The molecule has 11 heteroatoms. The van der Waals surface area contributed by atoms with Crippen molar-refractivity contribution in [3.8, 4) is 11.5 Å². The van der Waals surface area contributed by atoms with Crippen LogP contribution in [-0.2, 0) is 14.8 Å². The topological polar surface area (TPSA) is 97.3 Å². The van der Waals surface area contributed by atoms with Crippen molar-refractivity contribution in [3.05, 3.63) is 95.0 Å². The predicted molar refractivity (Wildman–Crippen MR) is 146 cm³/mol. The van der Waals surface area contributed by atoms with E-state index in [0.29, 0.717) is 30.3 Å². The van der Waals surface area contributed by atoms with Crippen LogP contribution in [0.1, 0.15) is 12.5 Å². The van der Waals surface area contributed by atoms with E-state index in [9.17, 15) is 13.2 Å². The summed E-state index contributed by atoms with van der Waals surface area (Å²) in [5.74, 6) is 0.362. The second-order valence-corrected chi connectivity index (χ2v) is 10.1. The monoisotopic (exact) mass is 561 g/mol. The van der Waals surface area contributed by atoms with Crippen LogP contribution < -0.4 is 19.2 Å². The van der Waals surface area contributed by atoms with Gasteiger partial charge in [-0.25, -0.2) is 13.8 Å². The molecule has 0 aliphatic rings. The van der Waals surface area contributed by atoms with Crippen molar-refractivity contribution in [2.24, 2.45) is 5.10 Å². The minimum Gasteiger partial charge on any atom is -0.490 e. The largest absolute Gasteiger partial charge is 0.490 e. The Morgan fingerprint density at radius 3 is 2.51 bits per heavy atom. The Hall–Kier alpha value is -3.53. The number of ether oxygens (including phenoxy) is 2. The van der Waals surface area contributed by atoms with Crippen molar-refractivity contribution in [2.45, 2.75) is 11.8 Å². The van der Waals surface area contributed by atoms with Crippen molar-refractivity contribution in [1.82, 2.24) is 5.43 Å². The van der Waals surface area contributed by atoms with Gasteiger partial charge in [-0.05, 0) is 55.0 Å². The average Bonchev–Trinajstić information content (AvgIpc) is 2.89. The van der Waals surface area contributed by atoms with Gasteiger partial charge >= 0.3 is 0 Å². The standard InChI is InChI=1S/C26H25Cl2N3O5S/c1-3-15-36-23-14-13-19(16-24(23)35-4-2)17-29-30-25(32)18-31(22-12-8-11-21(27)26(22)28)37(33,34)20-9-6-5-7-10-20/h3,5-14,16-17H,1,4,15,18H2,2H3,(H,30,32)/b29-17-. The van der Waals surface area contributed by atoms with E-state index >= 15 is 0 Å². The maximum absolute atomic E-state index is 13.4. The lowest BCUT2D eigenvalue weighted by atomic mass is 10.2. The molecule has 0 bridgehead atoms. The Bertz CT molecular complexity index is 1380. The number of rotatable bonds is 12. The molecule has 0 aromatic heterocycles. The van der Waals surface area contributed by atoms with Crippen LogP contribution in [0.5, 0.6) is 11.5 Å². The first-order valence-electron chi connectivity index (χ1n) is 11.1. The van der Waals surface area contributed by atoms with Gasteiger partial charge in [0.05, 0.1) is 33.4 Å². The highest BCUT2D eigenvalue weighted by molar-refractivity contribution is 7.92. The number of nitrogens with one attached hydrogen (secondary N) is 1. The number of nitrogens with zero attached hydrogens (tertiary/aromatic N) is 2. The molecule has 3 aromatic carbocycles. The molecule has 0 fully saturated rings. The van der Waals surface area contributed by atoms with E-state index in [1.165, 1.54) is 30.5 Å². The first-order valence-corrected chi connectivity index (χ1v) is 13.3. The first kappa shape index (κ1) is 28.0. The summed E-state index contributed by atoms with van der Waals surface area (Å²) in [5, 5.41) is 4.11. The number of hydrazone groups is 1. The Balaban J connectivity index is 1.81. The summed E-state index contributed by atoms with van der Waals surface area (Å²) < 4.78 is 38.9. The van der Waals surface area contributed by atoms with E-state index in [1.807, 2.05) is 6.92 Å². The molecule has 0 radical (unpaired) electrons. The summed E-state index contributed by atoms with van der Waals surface area (Å²) in [6, 6.07) is 17.4. The first-order chi connectivity index (χ1) is 17.8. The lowest BCUT2D eigenvalue weighted by Gasteiger charge is -2.24. The number of carbonyl (C=O) groups is 1. The van der Waals surface area contributed by atoms with Crippen LogP contribution in [0.2, 0.25) is 10.0 Å². The van der Waals surface area contributed by atoms with Crippen molar-refractivity contribution < 1.29 is 22.7 Å². The van der Waals surface area contributed by atoms with Gasteiger partial charge in [0.2, 0.25) is 0 Å². The van der Waals surface area contributed by atoms with Crippen molar-refractivity contribution in [1.29, 1.82) is 0 Å². The normalized spacial score (nSPS) is 11.2. The highest BCUT2D eigenvalue weighted by atomic mass is 35.5. The van der Waals surface area contributed by atoms with Crippen LogP contribution in [0.3, 0.4) is 0 Å². The molecular formula is C26H25Cl2N3O5S. The van der Waals surface area contributed by atoms with Crippen LogP contribution in [0.15, 0.2) is 89.4 Å². The van der Waals surface area contributed by atoms with Crippen molar-refractivity contribution >= 4 is 51.0 Å². The molecule has 0 aliphatic carbocycles. The quantitative estimate of drug-likeness (QED) is 0.184. The molecule has 1 amide bonds. The summed E-state index contributed by atoms with van der Waals surface area (Å²) in [6.07, 6.45) is 3.03. The van der Waals surface area contributed by atoms with Crippen molar-refractivity contribution in [2.75, 3.05) is 24.1 Å². The Morgan fingerprint density at radius 2 is 1.81 bits per heavy atom. The molecule has 1 N–H and O–H groups in total. The van der Waals surface area contributed by atoms with Gasteiger partial charge in [0.15, 0.2) is 11.5 Å².